The quantitative estimate of drug-likeness (QED) is 0.693. The molecule has 0 amide bonds. The predicted octanol–water partition coefficient (Wildman–Crippen LogP) is 2.22. The van der Waals surface area contributed by atoms with Crippen molar-refractivity contribution in [2.75, 3.05) is 0 Å². The normalized spacial score (nSPS) is 10.3. The molecule has 2 rings (SSSR count). The Bertz CT molecular complexity index is 409. The van der Waals surface area contributed by atoms with Crippen LogP contribution in [-0.4, -0.2) is 15.0 Å². The number of nitrogens with zero attached hydrogens (tertiary/aromatic N) is 3. The molecule has 0 spiro atoms. The van der Waals surface area contributed by atoms with Gasteiger partial charge in [0, 0.05) is 11.6 Å². The van der Waals surface area contributed by atoms with Crippen LogP contribution in [0.25, 0.3) is 10.7 Å². The Kier molecular flexibility index (Phi) is 2.06. The molecule has 2 aromatic rings. The standard InChI is InChI=1S/C9H9N3S/c1-6-7(2)12-8(5-11-6)9-10-3-4-13-9/h3-5H,1-2H3. The van der Waals surface area contributed by atoms with Crippen LogP contribution in [0.4, 0.5) is 0 Å². The lowest BCUT2D eigenvalue weighted by Gasteiger charge is -1.99. The SMILES string of the molecule is Cc1ncc(-c2nccs2)nc1C. The second kappa shape index (κ2) is 3.22. The molecule has 0 unspecified atom stereocenters. The van der Waals surface area contributed by atoms with Gasteiger partial charge in [-0.05, 0) is 13.8 Å². The van der Waals surface area contributed by atoms with Crippen molar-refractivity contribution in [3.8, 4) is 10.7 Å². The average molecular weight is 191 g/mol. The fourth-order valence-corrected chi connectivity index (χ4v) is 1.59. The Morgan fingerprint density at radius 1 is 1.15 bits per heavy atom. The van der Waals surface area contributed by atoms with E-state index in [9.17, 15) is 0 Å². The minimum Gasteiger partial charge on any atom is -0.257 e. The summed E-state index contributed by atoms with van der Waals surface area (Å²) in [4.78, 5) is 12.8. The summed E-state index contributed by atoms with van der Waals surface area (Å²) in [6, 6.07) is 0. The van der Waals surface area contributed by atoms with Crippen molar-refractivity contribution in [2.45, 2.75) is 13.8 Å². The minimum atomic E-state index is 0.859. The summed E-state index contributed by atoms with van der Waals surface area (Å²) < 4.78 is 0. The van der Waals surface area contributed by atoms with E-state index in [4.69, 9.17) is 0 Å². The minimum absolute atomic E-state index is 0.859. The van der Waals surface area contributed by atoms with Crippen molar-refractivity contribution in [2.24, 2.45) is 0 Å². The van der Waals surface area contributed by atoms with Gasteiger partial charge in [-0.3, -0.25) is 4.98 Å². The van der Waals surface area contributed by atoms with E-state index in [1.165, 1.54) is 0 Å². The van der Waals surface area contributed by atoms with E-state index in [1.54, 1.807) is 23.7 Å². The zero-order valence-electron chi connectivity index (χ0n) is 7.48. The molecule has 3 nitrogen and oxygen atoms in total. The van der Waals surface area contributed by atoms with Gasteiger partial charge < -0.3 is 0 Å². The lowest BCUT2D eigenvalue weighted by Crippen LogP contribution is -1.93. The summed E-state index contributed by atoms with van der Waals surface area (Å²) in [5.41, 5.74) is 2.80. The van der Waals surface area contributed by atoms with Crippen LogP contribution < -0.4 is 0 Å². The van der Waals surface area contributed by atoms with E-state index < -0.39 is 0 Å². The molecule has 0 saturated carbocycles. The van der Waals surface area contributed by atoms with Gasteiger partial charge in [0.1, 0.15) is 10.7 Å². The molecule has 0 aliphatic carbocycles. The van der Waals surface area contributed by atoms with Gasteiger partial charge in [0.15, 0.2) is 0 Å². The van der Waals surface area contributed by atoms with Crippen LogP contribution in [0.5, 0.6) is 0 Å². The van der Waals surface area contributed by atoms with Crippen LogP contribution in [0.1, 0.15) is 11.4 Å². The molecule has 0 aliphatic heterocycles. The number of hydrogen-bond donors (Lipinski definition) is 0. The van der Waals surface area contributed by atoms with E-state index >= 15 is 0 Å². The number of aromatic nitrogens is 3. The van der Waals surface area contributed by atoms with Crippen molar-refractivity contribution in [3.63, 3.8) is 0 Å². The summed E-state index contributed by atoms with van der Waals surface area (Å²) in [6.45, 7) is 3.91. The highest BCUT2D eigenvalue weighted by molar-refractivity contribution is 7.13. The van der Waals surface area contributed by atoms with Crippen LogP contribution in [0, 0.1) is 13.8 Å². The van der Waals surface area contributed by atoms with Gasteiger partial charge in [-0.25, -0.2) is 9.97 Å². The Labute approximate surface area is 80.5 Å². The van der Waals surface area contributed by atoms with Gasteiger partial charge in [0.25, 0.3) is 0 Å². The van der Waals surface area contributed by atoms with Crippen molar-refractivity contribution >= 4 is 11.3 Å². The molecule has 13 heavy (non-hydrogen) atoms. The molecule has 2 heterocycles. The molecule has 0 saturated heterocycles. The average Bonchev–Trinajstić information content (AvgIpc) is 2.62. The number of aryl methyl sites for hydroxylation is 2. The summed E-state index contributed by atoms with van der Waals surface area (Å²) >= 11 is 1.58. The van der Waals surface area contributed by atoms with Crippen LogP contribution in [0.2, 0.25) is 0 Å². The van der Waals surface area contributed by atoms with Crippen LogP contribution >= 0.6 is 11.3 Å². The molecule has 0 fully saturated rings. The maximum atomic E-state index is 4.40. The van der Waals surface area contributed by atoms with Crippen LogP contribution in [0.15, 0.2) is 17.8 Å². The summed E-state index contributed by atoms with van der Waals surface area (Å²) in [5.74, 6) is 0. The lowest BCUT2D eigenvalue weighted by molar-refractivity contribution is 1.05. The topological polar surface area (TPSA) is 38.7 Å². The molecule has 0 aromatic carbocycles. The highest BCUT2D eigenvalue weighted by Gasteiger charge is 2.03. The molecule has 0 bridgehead atoms. The molecular formula is C9H9N3S. The fraction of sp³-hybridized carbons (Fsp3) is 0.222. The monoisotopic (exact) mass is 191 g/mol. The highest BCUT2D eigenvalue weighted by Crippen LogP contribution is 2.18. The zero-order valence-corrected chi connectivity index (χ0v) is 8.30. The zero-order chi connectivity index (χ0) is 9.26. The molecule has 2 aromatic heterocycles. The first-order chi connectivity index (χ1) is 6.27. The third-order valence-electron chi connectivity index (χ3n) is 1.84. The molecule has 0 radical (unpaired) electrons. The third-order valence-corrected chi connectivity index (χ3v) is 2.64. The highest BCUT2D eigenvalue weighted by atomic mass is 32.1. The van der Waals surface area contributed by atoms with E-state index in [-0.39, 0.29) is 0 Å². The van der Waals surface area contributed by atoms with Gasteiger partial charge in [-0.1, -0.05) is 0 Å². The van der Waals surface area contributed by atoms with E-state index in [0.717, 1.165) is 22.1 Å². The first-order valence-electron chi connectivity index (χ1n) is 3.97. The summed E-state index contributed by atoms with van der Waals surface area (Å²) in [6.07, 6.45) is 3.54. The Balaban J connectivity index is 2.49. The molecular weight excluding hydrogens is 182 g/mol. The van der Waals surface area contributed by atoms with E-state index in [0.29, 0.717) is 0 Å². The van der Waals surface area contributed by atoms with Gasteiger partial charge >= 0.3 is 0 Å². The Morgan fingerprint density at radius 3 is 2.62 bits per heavy atom. The van der Waals surface area contributed by atoms with Crippen molar-refractivity contribution in [1.82, 2.24) is 15.0 Å². The van der Waals surface area contributed by atoms with Gasteiger partial charge in [-0.2, -0.15) is 0 Å². The fourth-order valence-electron chi connectivity index (χ4n) is 0.995. The molecule has 0 N–H and O–H groups in total. The second-order valence-electron chi connectivity index (χ2n) is 2.76. The van der Waals surface area contributed by atoms with E-state index in [1.807, 2.05) is 19.2 Å². The van der Waals surface area contributed by atoms with Gasteiger partial charge in [0.2, 0.25) is 0 Å². The van der Waals surface area contributed by atoms with Crippen LogP contribution in [0.3, 0.4) is 0 Å². The van der Waals surface area contributed by atoms with Crippen molar-refractivity contribution in [3.05, 3.63) is 29.2 Å². The summed E-state index contributed by atoms with van der Waals surface area (Å²) in [7, 11) is 0. The molecule has 0 aliphatic rings. The Hall–Kier alpha value is -1.29. The van der Waals surface area contributed by atoms with Crippen LogP contribution in [-0.2, 0) is 0 Å². The largest absolute Gasteiger partial charge is 0.257 e. The lowest BCUT2D eigenvalue weighted by atomic mass is 10.3. The number of hydrogen-bond acceptors (Lipinski definition) is 4. The number of thiazole rings is 1. The predicted molar refractivity (Wildman–Crippen MR) is 52.6 cm³/mol. The first-order valence-corrected chi connectivity index (χ1v) is 4.85. The maximum absolute atomic E-state index is 4.40. The van der Waals surface area contributed by atoms with Gasteiger partial charge in [-0.15, -0.1) is 11.3 Å². The third kappa shape index (κ3) is 1.58. The van der Waals surface area contributed by atoms with E-state index in [2.05, 4.69) is 15.0 Å². The maximum Gasteiger partial charge on any atom is 0.143 e. The molecule has 66 valence electrons. The van der Waals surface area contributed by atoms with Crippen molar-refractivity contribution < 1.29 is 0 Å². The number of rotatable bonds is 1. The van der Waals surface area contributed by atoms with Crippen molar-refractivity contribution in [1.29, 1.82) is 0 Å². The first kappa shape index (κ1) is 8.31. The smallest absolute Gasteiger partial charge is 0.143 e. The van der Waals surface area contributed by atoms with Gasteiger partial charge in [0.05, 0.1) is 17.6 Å². The molecule has 0 atom stereocenters. The second-order valence-corrected chi connectivity index (χ2v) is 3.66. The Morgan fingerprint density at radius 2 is 2.00 bits per heavy atom. The summed E-state index contributed by atoms with van der Waals surface area (Å²) in [5, 5.41) is 2.86. The molecule has 4 heteroatoms.